The molecule has 0 aliphatic rings. The maximum absolute atomic E-state index is 13.7. The van der Waals surface area contributed by atoms with Crippen molar-refractivity contribution in [3.8, 4) is 0 Å². The number of aromatic nitrogens is 1. The Bertz CT molecular complexity index is 1040. The second kappa shape index (κ2) is 8.34. The number of nitrogens with zero attached hydrogens (tertiary/aromatic N) is 1. The Hall–Kier alpha value is -3.68. The van der Waals surface area contributed by atoms with Gasteiger partial charge in [0.15, 0.2) is 0 Å². The normalized spacial score (nSPS) is 10.4. The zero-order valence-electron chi connectivity index (χ0n) is 14.4. The van der Waals surface area contributed by atoms with Crippen LogP contribution in [0.5, 0.6) is 0 Å². The molecular formula is C20H14F3N3O2. The predicted octanol–water partition coefficient (Wildman–Crippen LogP) is 3.68. The van der Waals surface area contributed by atoms with E-state index < -0.39 is 29.3 Å². The third kappa shape index (κ3) is 4.53. The second-order valence-electron chi connectivity index (χ2n) is 5.81. The predicted molar refractivity (Wildman–Crippen MR) is 96.1 cm³/mol. The molecule has 28 heavy (non-hydrogen) atoms. The van der Waals surface area contributed by atoms with Gasteiger partial charge in [-0.15, -0.1) is 0 Å². The lowest BCUT2D eigenvalue weighted by Crippen LogP contribution is -2.24. The van der Waals surface area contributed by atoms with E-state index in [4.69, 9.17) is 0 Å². The van der Waals surface area contributed by atoms with E-state index in [-0.39, 0.29) is 23.4 Å². The number of benzene rings is 2. The summed E-state index contributed by atoms with van der Waals surface area (Å²) < 4.78 is 40.2. The van der Waals surface area contributed by atoms with E-state index in [0.717, 1.165) is 12.1 Å². The second-order valence-corrected chi connectivity index (χ2v) is 5.81. The fourth-order valence-corrected chi connectivity index (χ4v) is 2.39. The molecule has 0 atom stereocenters. The Kier molecular flexibility index (Phi) is 5.69. The lowest BCUT2D eigenvalue weighted by Gasteiger charge is -2.09. The SMILES string of the molecule is O=C(NCc1ccccc1F)c1cncc(C(=O)Nc2ccc(F)cc2F)c1. The number of rotatable bonds is 5. The number of amides is 2. The van der Waals surface area contributed by atoms with Gasteiger partial charge in [-0.1, -0.05) is 18.2 Å². The van der Waals surface area contributed by atoms with Crippen molar-refractivity contribution in [1.82, 2.24) is 10.3 Å². The molecule has 1 heterocycles. The van der Waals surface area contributed by atoms with Crippen LogP contribution in [-0.4, -0.2) is 16.8 Å². The molecule has 0 saturated carbocycles. The standard InChI is InChI=1S/C20H14F3N3O2/c21-15-5-6-18(17(23)8-15)26-20(28)14-7-13(9-24-10-14)19(27)25-11-12-3-1-2-4-16(12)22/h1-10H,11H2,(H,25,27)(H,26,28). The van der Waals surface area contributed by atoms with Crippen LogP contribution < -0.4 is 10.6 Å². The van der Waals surface area contributed by atoms with E-state index in [0.29, 0.717) is 11.6 Å². The Balaban J connectivity index is 1.69. The number of hydrogen-bond acceptors (Lipinski definition) is 3. The molecule has 0 unspecified atom stereocenters. The molecule has 8 heteroatoms. The van der Waals surface area contributed by atoms with Gasteiger partial charge in [0.1, 0.15) is 17.5 Å². The van der Waals surface area contributed by atoms with Crippen LogP contribution in [0.15, 0.2) is 60.9 Å². The summed E-state index contributed by atoms with van der Waals surface area (Å²) in [5, 5.41) is 4.82. The highest BCUT2D eigenvalue weighted by Gasteiger charge is 2.14. The summed E-state index contributed by atoms with van der Waals surface area (Å²) in [7, 11) is 0. The summed E-state index contributed by atoms with van der Waals surface area (Å²) in [5.74, 6) is -3.43. The van der Waals surface area contributed by atoms with Crippen LogP contribution in [0.2, 0.25) is 0 Å². The zero-order chi connectivity index (χ0) is 20.1. The summed E-state index contributed by atoms with van der Waals surface area (Å²) in [6, 6.07) is 9.99. The number of anilines is 1. The number of nitrogens with one attached hydrogen (secondary N) is 2. The molecule has 0 saturated heterocycles. The van der Waals surface area contributed by atoms with E-state index >= 15 is 0 Å². The molecule has 2 aromatic carbocycles. The molecule has 0 spiro atoms. The van der Waals surface area contributed by atoms with Gasteiger partial charge in [0, 0.05) is 30.6 Å². The molecular weight excluding hydrogens is 371 g/mol. The molecule has 0 aliphatic carbocycles. The van der Waals surface area contributed by atoms with Gasteiger partial charge in [-0.05, 0) is 24.3 Å². The first-order chi connectivity index (χ1) is 13.4. The van der Waals surface area contributed by atoms with E-state index in [1.165, 1.54) is 36.7 Å². The van der Waals surface area contributed by atoms with Gasteiger partial charge in [-0.2, -0.15) is 0 Å². The van der Waals surface area contributed by atoms with Crippen molar-refractivity contribution in [1.29, 1.82) is 0 Å². The molecule has 142 valence electrons. The fourth-order valence-electron chi connectivity index (χ4n) is 2.39. The highest BCUT2D eigenvalue weighted by atomic mass is 19.1. The van der Waals surface area contributed by atoms with Crippen LogP contribution >= 0.6 is 0 Å². The molecule has 0 radical (unpaired) electrons. The van der Waals surface area contributed by atoms with Crippen molar-refractivity contribution in [2.24, 2.45) is 0 Å². The average Bonchev–Trinajstić information content (AvgIpc) is 2.69. The first kappa shape index (κ1) is 19.1. The van der Waals surface area contributed by atoms with E-state index in [1.807, 2.05) is 0 Å². The molecule has 0 aliphatic heterocycles. The third-order valence-corrected chi connectivity index (χ3v) is 3.84. The number of hydrogen-bond donors (Lipinski definition) is 2. The quantitative estimate of drug-likeness (QED) is 0.704. The van der Waals surface area contributed by atoms with Crippen molar-refractivity contribution in [2.75, 3.05) is 5.32 Å². The highest BCUT2D eigenvalue weighted by molar-refractivity contribution is 6.05. The van der Waals surface area contributed by atoms with Crippen LogP contribution in [0.1, 0.15) is 26.3 Å². The van der Waals surface area contributed by atoms with Gasteiger partial charge in [0.2, 0.25) is 0 Å². The minimum absolute atomic E-state index is 0.00210. The number of halogens is 3. The summed E-state index contributed by atoms with van der Waals surface area (Å²) in [5.41, 5.74) is 0.177. The summed E-state index contributed by atoms with van der Waals surface area (Å²) in [4.78, 5) is 28.3. The Morgan fingerprint density at radius 1 is 0.857 bits per heavy atom. The van der Waals surface area contributed by atoms with Crippen LogP contribution in [0.4, 0.5) is 18.9 Å². The molecule has 2 N–H and O–H groups in total. The molecule has 0 fully saturated rings. The van der Waals surface area contributed by atoms with Crippen molar-refractivity contribution in [2.45, 2.75) is 6.54 Å². The molecule has 1 aromatic heterocycles. The number of carbonyl (C=O) groups is 2. The van der Waals surface area contributed by atoms with Crippen LogP contribution in [0, 0.1) is 17.5 Å². The van der Waals surface area contributed by atoms with Crippen LogP contribution in [-0.2, 0) is 6.54 Å². The first-order valence-electron chi connectivity index (χ1n) is 8.17. The van der Waals surface area contributed by atoms with Crippen molar-refractivity contribution < 1.29 is 22.8 Å². The van der Waals surface area contributed by atoms with E-state index in [2.05, 4.69) is 15.6 Å². The Morgan fingerprint density at radius 2 is 1.57 bits per heavy atom. The average molecular weight is 385 g/mol. The van der Waals surface area contributed by atoms with E-state index in [1.54, 1.807) is 6.07 Å². The van der Waals surface area contributed by atoms with Crippen LogP contribution in [0.25, 0.3) is 0 Å². The minimum atomic E-state index is -0.930. The maximum Gasteiger partial charge on any atom is 0.257 e. The smallest absolute Gasteiger partial charge is 0.257 e. The fraction of sp³-hybridized carbons (Fsp3) is 0.0500. The summed E-state index contributed by atoms with van der Waals surface area (Å²) in [6.07, 6.45) is 2.44. The van der Waals surface area contributed by atoms with Crippen molar-refractivity contribution in [3.63, 3.8) is 0 Å². The summed E-state index contributed by atoms with van der Waals surface area (Å²) in [6.45, 7) is -0.0390. The number of carbonyl (C=O) groups excluding carboxylic acids is 2. The zero-order valence-corrected chi connectivity index (χ0v) is 14.4. The maximum atomic E-state index is 13.7. The largest absolute Gasteiger partial charge is 0.348 e. The summed E-state index contributed by atoms with van der Waals surface area (Å²) >= 11 is 0. The molecule has 0 bridgehead atoms. The lowest BCUT2D eigenvalue weighted by molar-refractivity contribution is 0.0950. The van der Waals surface area contributed by atoms with Crippen LogP contribution in [0.3, 0.4) is 0 Å². The third-order valence-electron chi connectivity index (χ3n) is 3.84. The lowest BCUT2D eigenvalue weighted by atomic mass is 10.1. The van der Waals surface area contributed by atoms with Gasteiger partial charge >= 0.3 is 0 Å². The van der Waals surface area contributed by atoms with Gasteiger partial charge in [0.05, 0.1) is 16.8 Å². The van der Waals surface area contributed by atoms with Gasteiger partial charge in [-0.3, -0.25) is 14.6 Å². The minimum Gasteiger partial charge on any atom is -0.348 e. The molecule has 5 nitrogen and oxygen atoms in total. The van der Waals surface area contributed by atoms with Crippen molar-refractivity contribution >= 4 is 17.5 Å². The Labute approximate surface area is 158 Å². The monoisotopic (exact) mass is 385 g/mol. The van der Waals surface area contributed by atoms with Crippen molar-refractivity contribution in [3.05, 3.63) is 95.1 Å². The topological polar surface area (TPSA) is 71.1 Å². The molecule has 3 rings (SSSR count). The van der Waals surface area contributed by atoms with E-state index in [9.17, 15) is 22.8 Å². The molecule has 2 amide bonds. The van der Waals surface area contributed by atoms with Gasteiger partial charge in [-0.25, -0.2) is 13.2 Å². The van der Waals surface area contributed by atoms with Gasteiger partial charge < -0.3 is 10.6 Å². The Morgan fingerprint density at radius 3 is 2.29 bits per heavy atom. The molecule has 3 aromatic rings. The van der Waals surface area contributed by atoms with Gasteiger partial charge in [0.25, 0.3) is 11.8 Å². The highest BCUT2D eigenvalue weighted by Crippen LogP contribution is 2.16. The number of pyridine rings is 1. The first-order valence-corrected chi connectivity index (χ1v) is 8.17.